The summed E-state index contributed by atoms with van der Waals surface area (Å²) in [6, 6.07) is 8.39. The number of carboxylic acid groups (broad SMARTS) is 1. The molecule has 0 radical (unpaired) electrons. The van der Waals surface area contributed by atoms with E-state index in [1.54, 1.807) is 0 Å². The third-order valence-electron chi connectivity index (χ3n) is 2.86. The lowest BCUT2D eigenvalue weighted by atomic mass is 10.0. The van der Waals surface area contributed by atoms with Crippen molar-refractivity contribution in [3.05, 3.63) is 35.4 Å². The largest absolute Gasteiger partial charge is 0.481 e. The first-order valence-electron chi connectivity index (χ1n) is 6.22. The van der Waals surface area contributed by atoms with Gasteiger partial charge in [0.15, 0.2) is 0 Å². The molecule has 0 aliphatic carbocycles. The molecule has 0 spiro atoms. The quantitative estimate of drug-likeness (QED) is 0.681. The molecule has 0 bridgehead atoms. The fraction of sp³-hybridized carbons (Fsp3) is 0.500. The van der Waals surface area contributed by atoms with Gasteiger partial charge in [0.25, 0.3) is 0 Å². The third kappa shape index (κ3) is 6.07. The van der Waals surface area contributed by atoms with E-state index in [9.17, 15) is 4.79 Å². The van der Waals surface area contributed by atoms with Crippen LogP contribution >= 0.6 is 0 Å². The molecule has 0 fully saturated rings. The second-order valence-electron chi connectivity index (χ2n) is 4.33. The Labute approximate surface area is 103 Å². The van der Waals surface area contributed by atoms with Crippen LogP contribution in [0.15, 0.2) is 24.3 Å². The maximum absolute atomic E-state index is 10.3. The summed E-state index contributed by atoms with van der Waals surface area (Å²) >= 11 is 0. The molecule has 0 atom stereocenters. The Hall–Kier alpha value is -1.35. The lowest BCUT2D eigenvalue weighted by Gasteiger charge is -2.03. The first-order chi connectivity index (χ1) is 8.22. The predicted octanol–water partition coefficient (Wildman–Crippen LogP) is 2.72. The van der Waals surface area contributed by atoms with E-state index in [0.717, 1.165) is 37.7 Å². The van der Waals surface area contributed by atoms with Crippen molar-refractivity contribution in [2.75, 3.05) is 0 Å². The number of nitrogens with two attached hydrogens (primary N) is 1. The number of carbonyl (C=O) groups is 1. The molecule has 1 aromatic rings. The van der Waals surface area contributed by atoms with E-state index in [1.807, 2.05) is 0 Å². The van der Waals surface area contributed by atoms with Crippen molar-refractivity contribution >= 4 is 5.97 Å². The smallest absolute Gasteiger partial charge is 0.303 e. The molecule has 3 nitrogen and oxygen atoms in total. The van der Waals surface area contributed by atoms with Crippen LogP contribution in [-0.4, -0.2) is 11.1 Å². The summed E-state index contributed by atoms with van der Waals surface area (Å²) in [5.74, 6) is -0.692. The van der Waals surface area contributed by atoms with Gasteiger partial charge in [0.05, 0.1) is 0 Å². The molecule has 0 unspecified atom stereocenters. The van der Waals surface area contributed by atoms with Gasteiger partial charge in [-0.15, -0.1) is 0 Å². The Bertz CT molecular complexity index is 333. The van der Waals surface area contributed by atoms with Crippen molar-refractivity contribution in [2.45, 2.75) is 45.1 Å². The molecule has 0 aromatic heterocycles. The Balaban J connectivity index is 2.11. The van der Waals surface area contributed by atoms with Gasteiger partial charge < -0.3 is 10.8 Å². The lowest BCUT2D eigenvalue weighted by molar-refractivity contribution is -0.137. The topological polar surface area (TPSA) is 63.3 Å². The van der Waals surface area contributed by atoms with E-state index in [4.69, 9.17) is 10.8 Å². The van der Waals surface area contributed by atoms with Gasteiger partial charge >= 0.3 is 5.97 Å². The zero-order valence-corrected chi connectivity index (χ0v) is 10.2. The van der Waals surface area contributed by atoms with Crippen molar-refractivity contribution in [1.29, 1.82) is 0 Å². The molecular formula is C14H21NO2. The number of unbranched alkanes of at least 4 members (excludes halogenated alkanes) is 3. The van der Waals surface area contributed by atoms with Gasteiger partial charge in [-0.3, -0.25) is 4.79 Å². The lowest BCUT2D eigenvalue weighted by Crippen LogP contribution is -1.96. The van der Waals surface area contributed by atoms with Crippen molar-refractivity contribution < 1.29 is 9.90 Å². The van der Waals surface area contributed by atoms with Gasteiger partial charge in [-0.05, 0) is 30.4 Å². The minimum absolute atomic E-state index is 0.297. The number of aryl methyl sites for hydroxylation is 1. The number of rotatable bonds is 8. The number of benzene rings is 1. The van der Waals surface area contributed by atoms with Crippen LogP contribution in [0.4, 0.5) is 0 Å². The fourth-order valence-corrected chi connectivity index (χ4v) is 1.80. The van der Waals surface area contributed by atoms with E-state index in [2.05, 4.69) is 24.3 Å². The molecule has 0 amide bonds. The average molecular weight is 235 g/mol. The first kappa shape index (κ1) is 13.7. The summed E-state index contributed by atoms with van der Waals surface area (Å²) in [6.07, 6.45) is 5.39. The maximum Gasteiger partial charge on any atom is 0.303 e. The zero-order valence-electron chi connectivity index (χ0n) is 10.2. The minimum Gasteiger partial charge on any atom is -0.481 e. The molecule has 0 saturated heterocycles. The van der Waals surface area contributed by atoms with Crippen molar-refractivity contribution in [3.8, 4) is 0 Å². The Morgan fingerprint density at radius 2 is 1.59 bits per heavy atom. The summed E-state index contributed by atoms with van der Waals surface area (Å²) in [5.41, 5.74) is 8.03. The number of hydrogen-bond donors (Lipinski definition) is 2. The first-order valence-corrected chi connectivity index (χ1v) is 6.22. The fourth-order valence-electron chi connectivity index (χ4n) is 1.80. The highest BCUT2D eigenvalue weighted by atomic mass is 16.4. The molecule has 3 N–H and O–H groups in total. The monoisotopic (exact) mass is 235 g/mol. The highest BCUT2D eigenvalue weighted by molar-refractivity contribution is 5.66. The van der Waals surface area contributed by atoms with Gasteiger partial charge in [0.2, 0.25) is 0 Å². The van der Waals surface area contributed by atoms with E-state index in [1.165, 1.54) is 5.56 Å². The van der Waals surface area contributed by atoms with Gasteiger partial charge in [0.1, 0.15) is 0 Å². The second-order valence-corrected chi connectivity index (χ2v) is 4.33. The van der Waals surface area contributed by atoms with Crippen LogP contribution in [0.3, 0.4) is 0 Å². The minimum atomic E-state index is -0.692. The highest BCUT2D eigenvalue weighted by Gasteiger charge is 1.97. The summed E-state index contributed by atoms with van der Waals surface area (Å²) < 4.78 is 0. The SMILES string of the molecule is NCc1ccc(CCCCCCC(=O)O)cc1. The highest BCUT2D eigenvalue weighted by Crippen LogP contribution is 2.10. The normalized spacial score (nSPS) is 10.4. The van der Waals surface area contributed by atoms with Crippen LogP contribution in [0.2, 0.25) is 0 Å². The van der Waals surface area contributed by atoms with Crippen LogP contribution in [0.25, 0.3) is 0 Å². The molecule has 0 aliphatic rings. The zero-order chi connectivity index (χ0) is 12.5. The van der Waals surface area contributed by atoms with Crippen molar-refractivity contribution in [3.63, 3.8) is 0 Å². The average Bonchev–Trinajstić information content (AvgIpc) is 2.34. The van der Waals surface area contributed by atoms with Gasteiger partial charge in [0, 0.05) is 13.0 Å². The van der Waals surface area contributed by atoms with Crippen LogP contribution in [0, 0.1) is 0 Å². The standard InChI is InChI=1S/C14H21NO2/c15-11-13-9-7-12(8-10-13)5-3-1-2-4-6-14(16)17/h7-10H,1-6,11,15H2,(H,16,17). The van der Waals surface area contributed by atoms with Crippen molar-refractivity contribution in [1.82, 2.24) is 0 Å². The molecule has 0 heterocycles. The molecule has 0 aliphatic heterocycles. The number of carboxylic acids is 1. The second kappa shape index (κ2) is 7.85. The maximum atomic E-state index is 10.3. The van der Waals surface area contributed by atoms with Crippen LogP contribution in [-0.2, 0) is 17.8 Å². The Kier molecular flexibility index (Phi) is 6.33. The summed E-state index contributed by atoms with van der Waals surface area (Å²) in [4.78, 5) is 10.3. The Morgan fingerprint density at radius 1 is 1.00 bits per heavy atom. The molecule has 1 rings (SSSR count). The van der Waals surface area contributed by atoms with Gasteiger partial charge in [-0.2, -0.15) is 0 Å². The Morgan fingerprint density at radius 3 is 2.18 bits per heavy atom. The molecule has 94 valence electrons. The summed E-state index contributed by atoms with van der Waals surface area (Å²) in [6.45, 7) is 0.593. The molecule has 1 aromatic carbocycles. The van der Waals surface area contributed by atoms with Crippen LogP contribution < -0.4 is 5.73 Å². The van der Waals surface area contributed by atoms with Gasteiger partial charge in [-0.1, -0.05) is 37.1 Å². The van der Waals surface area contributed by atoms with E-state index in [0.29, 0.717) is 13.0 Å². The predicted molar refractivity (Wildman–Crippen MR) is 68.8 cm³/mol. The molecule has 0 saturated carbocycles. The number of aliphatic carboxylic acids is 1. The number of hydrogen-bond acceptors (Lipinski definition) is 2. The molecule has 3 heteroatoms. The summed E-state index contributed by atoms with van der Waals surface area (Å²) in [7, 11) is 0. The van der Waals surface area contributed by atoms with Crippen LogP contribution in [0.5, 0.6) is 0 Å². The molecule has 17 heavy (non-hydrogen) atoms. The van der Waals surface area contributed by atoms with Crippen LogP contribution in [0.1, 0.15) is 43.2 Å². The van der Waals surface area contributed by atoms with E-state index >= 15 is 0 Å². The third-order valence-corrected chi connectivity index (χ3v) is 2.86. The van der Waals surface area contributed by atoms with E-state index in [-0.39, 0.29) is 0 Å². The van der Waals surface area contributed by atoms with Gasteiger partial charge in [-0.25, -0.2) is 0 Å². The molecular weight excluding hydrogens is 214 g/mol. The summed E-state index contributed by atoms with van der Waals surface area (Å²) in [5, 5.41) is 8.49. The van der Waals surface area contributed by atoms with Crippen molar-refractivity contribution in [2.24, 2.45) is 5.73 Å². The van der Waals surface area contributed by atoms with E-state index < -0.39 is 5.97 Å².